The lowest BCUT2D eigenvalue weighted by Gasteiger charge is -2.26. The summed E-state index contributed by atoms with van der Waals surface area (Å²) in [6.07, 6.45) is 0. The minimum atomic E-state index is -1.08. The summed E-state index contributed by atoms with van der Waals surface area (Å²) in [6.45, 7) is 0.628. The zero-order valence-corrected chi connectivity index (χ0v) is 15.6. The normalized spacial score (nSPS) is 18.9. The molecule has 0 saturated carbocycles. The molecular formula is C21H21FN2O4. The van der Waals surface area contributed by atoms with Gasteiger partial charge in [-0.1, -0.05) is 30.3 Å². The molecule has 0 aliphatic carbocycles. The molecule has 3 rings (SSSR count). The first kappa shape index (κ1) is 19.6. The number of carbonyl (C=O) groups is 2. The summed E-state index contributed by atoms with van der Waals surface area (Å²) in [5.74, 6) is -3.09. The summed E-state index contributed by atoms with van der Waals surface area (Å²) in [7, 11) is 3.63. The van der Waals surface area contributed by atoms with Crippen LogP contribution in [0, 0.1) is 5.82 Å². The Morgan fingerprint density at radius 2 is 1.75 bits per heavy atom. The van der Waals surface area contributed by atoms with Crippen molar-refractivity contribution in [3.8, 4) is 5.75 Å². The van der Waals surface area contributed by atoms with Crippen molar-refractivity contribution in [1.82, 2.24) is 9.80 Å². The molecule has 1 saturated heterocycles. The molecule has 0 bridgehead atoms. The van der Waals surface area contributed by atoms with Gasteiger partial charge in [-0.05, 0) is 32.3 Å². The molecule has 1 heterocycles. The van der Waals surface area contributed by atoms with E-state index < -0.39 is 29.3 Å². The van der Waals surface area contributed by atoms with E-state index in [9.17, 15) is 24.2 Å². The van der Waals surface area contributed by atoms with Gasteiger partial charge in [-0.3, -0.25) is 9.59 Å². The van der Waals surface area contributed by atoms with Crippen LogP contribution in [-0.4, -0.2) is 58.9 Å². The monoisotopic (exact) mass is 384 g/mol. The summed E-state index contributed by atoms with van der Waals surface area (Å²) in [4.78, 5) is 28.5. The fourth-order valence-electron chi connectivity index (χ4n) is 3.26. The standard InChI is InChI=1S/C21H21FN2O4/c1-23(2)11-12-24-18(13-7-3-5-9-15(13)22)17(20(27)21(24)28)19(26)14-8-4-6-10-16(14)25/h3-10,18,25-26H,11-12H2,1-2H3/t18-/m0/s1. The molecule has 0 spiro atoms. The fourth-order valence-corrected chi connectivity index (χ4v) is 3.26. The lowest BCUT2D eigenvalue weighted by Crippen LogP contribution is -2.35. The van der Waals surface area contributed by atoms with Gasteiger partial charge in [0.2, 0.25) is 0 Å². The second-order valence-corrected chi connectivity index (χ2v) is 6.83. The number of ketones is 1. The predicted octanol–water partition coefficient (Wildman–Crippen LogP) is 2.51. The van der Waals surface area contributed by atoms with Crippen molar-refractivity contribution in [1.29, 1.82) is 0 Å². The zero-order valence-electron chi connectivity index (χ0n) is 15.6. The van der Waals surface area contributed by atoms with Crippen LogP contribution in [0.15, 0.2) is 54.1 Å². The summed E-state index contributed by atoms with van der Waals surface area (Å²) < 4.78 is 14.6. The van der Waals surface area contributed by atoms with Gasteiger partial charge in [0, 0.05) is 18.7 Å². The first-order chi connectivity index (χ1) is 13.3. The van der Waals surface area contributed by atoms with Gasteiger partial charge in [-0.2, -0.15) is 0 Å². The van der Waals surface area contributed by atoms with Crippen LogP contribution in [0.5, 0.6) is 5.75 Å². The van der Waals surface area contributed by atoms with E-state index in [1.54, 1.807) is 18.2 Å². The lowest BCUT2D eigenvalue weighted by atomic mass is 9.94. The molecule has 0 radical (unpaired) electrons. The quantitative estimate of drug-likeness (QED) is 0.470. The molecule has 0 unspecified atom stereocenters. The van der Waals surface area contributed by atoms with Gasteiger partial charge < -0.3 is 20.0 Å². The molecule has 1 aliphatic rings. The van der Waals surface area contributed by atoms with Gasteiger partial charge in [0.1, 0.15) is 17.3 Å². The Bertz CT molecular complexity index is 955. The van der Waals surface area contributed by atoms with Crippen LogP contribution < -0.4 is 0 Å². The number of Topliss-reactive ketones (excluding diaryl/α,β-unsaturated/α-hetero) is 1. The minimum absolute atomic E-state index is 0.00875. The van der Waals surface area contributed by atoms with Crippen LogP contribution in [0.25, 0.3) is 5.76 Å². The largest absolute Gasteiger partial charge is 0.507 e. The molecule has 1 aliphatic heterocycles. The number of likely N-dealkylation sites (tertiary alicyclic amines) is 1. The van der Waals surface area contributed by atoms with E-state index in [4.69, 9.17) is 0 Å². The number of para-hydroxylation sites is 1. The second kappa shape index (κ2) is 7.82. The van der Waals surface area contributed by atoms with Gasteiger partial charge >= 0.3 is 0 Å². The summed E-state index contributed by atoms with van der Waals surface area (Å²) >= 11 is 0. The van der Waals surface area contributed by atoms with Crippen molar-refractivity contribution in [2.75, 3.05) is 27.2 Å². The molecule has 2 N–H and O–H groups in total. The number of carbonyl (C=O) groups excluding carboxylic acids is 2. The van der Waals surface area contributed by atoms with Crippen LogP contribution in [0.1, 0.15) is 17.2 Å². The van der Waals surface area contributed by atoms with Crippen molar-refractivity contribution < 1.29 is 24.2 Å². The molecule has 1 amide bonds. The first-order valence-corrected chi connectivity index (χ1v) is 8.79. The highest BCUT2D eigenvalue weighted by atomic mass is 19.1. The Morgan fingerprint density at radius 3 is 2.39 bits per heavy atom. The maximum atomic E-state index is 14.6. The maximum Gasteiger partial charge on any atom is 0.295 e. The van der Waals surface area contributed by atoms with Gasteiger partial charge in [-0.25, -0.2) is 4.39 Å². The number of hydrogen-bond donors (Lipinski definition) is 2. The predicted molar refractivity (Wildman–Crippen MR) is 102 cm³/mol. The highest BCUT2D eigenvalue weighted by Crippen LogP contribution is 2.41. The van der Waals surface area contributed by atoms with Gasteiger partial charge in [0.25, 0.3) is 11.7 Å². The third-order valence-electron chi connectivity index (χ3n) is 4.69. The maximum absolute atomic E-state index is 14.6. The highest BCUT2D eigenvalue weighted by molar-refractivity contribution is 6.46. The number of phenolic OH excluding ortho intramolecular Hbond substituents is 1. The Balaban J connectivity index is 2.20. The van der Waals surface area contributed by atoms with Gasteiger partial charge in [0.15, 0.2) is 0 Å². The van der Waals surface area contributed by atoms with E-state index in [1.165, 1.54) is 35.2 Å². The molecule has 0 aromatic heterocycles. The SMILES string of the molecule is CN(C)CCN1C(=O)C(=O)C(=C(O)c2ccccc2O)[C@@H]1c1ccccc1F. The number of halogens is 1. The number of nitrogens with zero attached hydrogens (tertiary/aromatic N) is 2. The molecule has 6 nitrogen and oxygen atoms in total. The Hall–Kier alpha value is -3.19. The Kier molecular flexibility index (Phi) is 5.46. The molecular weight excluding hydrogens is 363 g/mol. The number of likely N-dealkylation sites (N-methyl/N-ethyl adjacent to an activating group) is 1. The third-order valence-corrected chi connectivity index (χ3v) is 4.69. The number of rotatable bonds is 5. The second-order valence-electron chi connectivity index (χ2n) is 6.83. The van der Waals surface area contributed by atoms with Crippen molar-refractivity contribution in [2.24, 2.45) is 0 Å². The van der Waals surface area contributed by atoms with Crippen LogP contribution in [0.3, 0.4) is 0 Å². The Labute approximate surface area is 162 Å². The summed E-state index contributed by atoms with van der Waals surface area (Å²) in [5, 5.41) is 20.9. The molecule has 1 atom stereocenters. The van der Waals surface area contributed by atoms with E-state index in [-0.39, 0.29) is 29.0 Å². The highest BCUT2D eigenvalue weighted by Gasteiger charge is 2.46. The number of benzene rings is 2. The molecule has 2 aromatic carbocycles. The molecule has 146 valence electrons. The topological polar surface area (TPSA) is 81.1 Å². The average Bonchev–Trinajstić information content (AvgIpc) is 2.91. The van der Waals surface area contributed by atoms with Crippen molar-refractivity contribution in [3.63, 3.8) is 0 Å². The van der Waals surface area contributed by atoms with E-state index in [1.807, 2.05) is 19.0 Å². The average molecular weight is 384 g/mol. The van der Waals surface area contributed by atoms with Crippen LogP contribution >= 0.6 is 0 Å². The number of aromatic hydroxyl groups is 1. The van der Waals surface area contributed by atoms with E-state index in [2.05, 4.69) is 0 Å². The van der Waals surface area contributed by atoms with E-state index in [0.29, 0.717) is 6.54 Å². The zero-order chi connectivity index (χ0) is 20.4. The van der Waals surface area contributed by atoms with E-state index >= 15 is 0 Å². The number of hydrogen-bond acceptors (Lipinski definition) is 5. The summed E-state index contributed by atoms with van der Waals surface area (Å²) in [6, 6.07) is 10.7. The fraction of sp³-hybridized carbons (Fsp3) is 0.238. The number of aliphatic hydroxyl groups is 1. The number of phenols is 1. The number of aliphatic hydroxyl groups excluding tert-OH is 1. The summed E-state index contributed by atoms with van der Waals surface area (Å²) in [5.41, 5.74) is -0.123. The van der Waals surface area contributed by atoms with Gasteiger partial charge in [0.05, 0.1) is 17.2 Å². The molecule has 7 heteroatoms. The first-order valence-electron chi connectivity index (χ1n) is 8.79. The van der Waals surface area contributed by atoms with Crippen LogP contribution in [-0.2, 0) is 9.59 Å². The Morgan fingerprint density at radius 1 is 1.11 bits per heavy atom. The van der Waals surface area contributed by atoms with Crippen molar-refractivity contribution in [3.05, 3.63) is 71.0 Å². The lowest BCUT2D eigenvalue weighted by molar-refractivity contribution is -0.140. The molecule has 28 heavy (non-hydrogen) atoms. The van der Waals surface area contributed by atoms with Crippen LogP contribution in [0.2, 0.25) is 0 Å². The molecule has 1 fully saturated rings. The third kappa shape index (κ3) is 3.48. The van der Waals surface area contributed by atoms with E-state index in [0.717, 1.165) is 0 Å². The van der Waals surface area contributed by atoms with Gasteiger partial charge in [-0.15, -0.1) is 0 Å². The smallest absolute Gasteiger partial charge is 0.295 e. The molecule has 2 aromatic rings. The van der Waals surface area contributed by atoms with Crippen molar-refractivity contribution in [2.45, 2.75) is 6.04 Å². The van der Waals surface area contributed by atoms with Crippen molar-refractivity contribution >= 4 is 17.4 Å². The van der Waals surface area contributed by atoms with Crippen LogP contribution in [0.4, 0.5) is 4.39 Å². The number of amides is 1. The minimum Gasteiger partial charge on any atom is -0.507 e.